The number of benzene rings is 1. The highest BCUT2D eigenvalue weighted by Crippen LogP contribution is 2.32. The molecule has 0 fully saturated rings. The standard InChI is InChI=1S/C19H16Cl3N3O3/c1-11-10-12(2)25(24-11)16-7-6-13(20)17(23-16)19(26)28-9-8-27-18-14(21)4-3-5-15(18)22/h3-7,10H,8-9H2,1-2H3. The largest absolute Gasteiger partial charge is 0.487 e. The average molecular weight is 441 g/mol. The van der Waals surface area contributed by atoms with E-state index < -0.39 is 5.97 Å². The second kappa shape index (κ2) is 8.82. The van der Waals surface area contributed by atoms with Gasteiger partial charge in [0.05, 0.1) is 20.8 Å². The number of rotatable bonds is 6. The highest BCUT2D eigenvalue weighted by atomic mass is 35.5. The van der Waals surface area contributed by atoms with E-state index in [1.54, 1.807) is 35.0 Å². The van der Waals surface area contributed by atoms with E-state index in [2.05, 4.69) is 10.1 Å². The van der Waals surface area contributed by atoms with Crippen molar-refractivity contribution in [3.05, 3.63) is 68.5 Å². The Morgan fingerprint density at radius 3 is 2.39 bits per heavy atom. The molecule has 0 aliphatic carbocycles. The van der Waals surface area contributed by atoms with Crippen LogP contribution in [0.2, 0.25) is 15.1 Å². The first-order chi connectivity index (χ1) is 13.4. The predicted molar refractivity (Wildman–Crippen MR) is 108 cm³/mol. The van der Waals surface area contributed by atoms with Crippen molar-refractivity contribution >= 4 is 40.8 Å². The third-order valence-electron chi connectivity index (χ3n) is 3.73. The molecule has 0 saturated heterocycles. The van der Waals surface area contributed by atoms with Crippen LogP contribution in [0.15, 0.2) is 36.4 Å². The van der Waals surface area contributed by atoms with E-state index in [0.29, 0.717) is 21.6 Å². The molecular weight excluding hydrogens is 425 g/mol. The number of esters is 1. The van der Waals surface area contributed by atoms with Crippen molar-refractivity contribution in [3.63, 3.8) is 0 Å². The second-order valence-electron chi connectivity index (χ2n) is 5.87. The van der Waals surface area contributed by atoms with E-state index in [-0.39, 0.29) is 23.9 Å². The molecule has 3 aromatic rings. The van der Waals surface area contributed by atoms with Gasteiger partial charge in [-0.3, -0.25) is 0 Å². The molecule has 0 N–H and O–H groups in total. The van der Waals surface area contributed by atoms with Crippen molar-refractivity contribution in [1.82, 2.24) is 14.8 Å². The molecule has 0 bridgehead atoms. The van der Waals surface area contributed by atoms with Crippen molar-refractivity contribution in [3.8, 4) is 11.6 Å². The first kappa shape index (κ1) is 20.5. The van der Waals surface area contributed by atoms with E-state index in [9.17, 15) is 4.79 Å². The highest BCUT2D eigenvalue weighted by molar-refractivity contribution is 6.37. The second-order valence-corrected chi connectivity index (χ2v) is 7.10. The Bertz CT molecular complexity index is 1000. The zero-order valence-corrected chi connectivity index (χ0v) is 17.3. The summed E-state index contributed by atoms with van der Waals surface area (Å²) in [7, 11) is 0. The van der Waals surface area contributed by atoms with Gasteiger partial charge < -0.3 is 9.47 Å². The molecule has 6 nitrogen and oxygen atoms in total. The minimum Gasteiger partial charge on any atom is -0.487 e. The SMILES string of the molecule is Cc1cc(C)n(-c2ccc(Cl)c(C(=O)OCCOc3c(Cl)cccc3Cl)n2)n1. The molecule has 0 radical (unpaired) electrons. The molecule has 0 spiro atoms. The van der Waals surface area contributed by atoms with Gasteiger partial charge in [0, 0.05) is 5.69 Å². The molecule has 2 heterocycles. The number of carbonyl (C=O) groups is 1. The third kappa shape index (κ3) is 4.58. The van der Waals surface area contributed by atoms with Gasteiger partial charge in [0.2, 0.25) is 0 Å². The lowest BCUT2D eigenvalue weighted by Crippen LogP contribution is -2.15. The summed E-state index contributed by atoms with van der Waals surface area (Å²) in [6, 6.07) is 10.2. The summed E-state index contributed by atoms with van der Waals surface area (Å²) in [6.07, 6.45) is 0. The van der Waals surface area contributed by atoms with Crippen LogP contribution in [0.25, 0.3) is 5.82 Å². The number of halogens is 3. The summed E-state index contributed by atoms with van der Waals surface area (Å²) in [4.78, 5) is 16.7. The summed E-state index contributed by atoms with van der Waals surface area (Å²) in [5.41, 5.74) is 1.73. The Hall–Kier alpha value is -2.28. The first-order valence-corrected chi connectivity index (χ1v) is 9.44. The summed E-state index contributed by atoms with van der Waals surface area (Å²) < 4.78 is 12.3. The lowest BCUT2D eigenvalue weighted by molar-refractivity contribution is 0.0444. The maximum absolute atomic E-state index is 12.4. The number of ether oxygens (including phenoxy) is 2. The van der Waals surface area contributed by atoms with Crippen molar-refractivity contribution in [2.45, 2.75) is 13.8 Å². The van der Waals surface area contributed by atoms with Crippen molar-refractivity contribution in [2.24, 2.45) is 0 Å². The van der Waals surface area contributed by atoms with E-state index in [1.807, 2.05) is 19.9 Å². The van der Waals surface area contributed by atoms with Crippen LogP contribution in [-0.4, -0.2) is 33.9 Å². The zero-order chi connectivity index (χ0) is 20.3. The normalized spacial score (nSPS) is 10.8. The van der Waals surface area contributed by atoms with Gasteiger partial charge in [-0.25, -0.2) is 14.5 Å². The smallest absolute Gasteiger partial charge is 0.358 e. The van der Waals surface area contributed by atoms with Crippen LogP contribution >= 0.6 is 34.8 Å². The average Bonchev–Trinajstić information content (AvgIpc) is 2.99. The molecule has 146 valence electrons. The van der Waals surface area contributed by atoms with Gasteiger partial charge in [0.25, 0.3) is 0 Å². The molecule has 0 aliphatic heterocycles. The fourth-order valence-corrected chi connectivity index (χ4v) is 3.21. The molecule has 0 aliphatic rings. The number of pyridine rings is 1. The van der Waals surface area contributed by atoms with E-state index in [4.69, 9.17) is 44.3 Å². The molecule has 28 heavy (non-hydrogen) atoms. The van der Waals surface area contributed by atoms with Gasteiger partial charge in [-0.15, -0.1) is 0 Å². The molecular formula is C19H16Cl3N3O3. The summed E-state index contributed by atoms with van der Waals surface area (Å²) in [5.74, 6) is 0.146. The Balaban J connectivity index is 1.66. The molecule has 1 aromatic carbocycles. The van der Waals surface area contributed by atoms with Crippen LogP contribution in [0.5, 0.6) is 5.75 Å². The highest BCUT2D eigenvalue weighted by Gasteiger charge is 2.17. The molecule has 0 unspecified atom stereocenters. The number of para-hydroxylation sites is 1. The predicted octanol–water partition coefficient (Wildman–Crippen LogP) is 5.08. The van der Waals surface area contributed by atoms with E-state index in [1.165, 1.54) is 0 Å². The number of nitrogens with zero attached hydrogens (tertiary/aromatic N) is 3. The fourth-order valence-electron chi connectivity index (χ4n) is 2.52. The van der Waals surface area contributed by atoms with Crippen molar-refractivity contribution in [2.75, 3.05) is 13.2 Å². The van der Waals surface area contributed by atoms with Gasteiger partial charge in [-0.1, -0.05) is 40.9 Å². The summed E-state index contributed by atoms with van der Waals surface area (Å²) >= 11 is 18.2. The number of hydrogen-bond donors (Lipinski definition) is 0. The van der Waals surface area contributed by atoms with Crippen LogP contribution in [-0.2, 0) is 4.74 Å². The number of hydrogen-bond acceptors (Lipinski definition) is 5. The Labute approximate surface area is 176 Å². The third-order valence-corrected chi connectivity index (χ3v) is 4.63. The molecule has 2 aromatic heterocycles. The van der Waals surface area contributed by atoms with Crippen LogP contribution in [0.1, 0.15) is 21.9 Å². The molecule has 0 atom stereocenters. The summed E-state index contributed by atoms with van der Waals surface area (Å²) in [6.45, 7) is 3.82. The molecule has 0 amide bonds. The van der Waals surface area contributed by atoms with Gasteiger partial charge in [0.1, 0.15) is 13.2 Å². The van der Waals surface area contributed by atoms with Gasteiger partial charge in [0.15, 0.2) is 17.3 Å². The van der Waals surface area contributed by atoms with Crippen LogP contribution < -0.4 is 4.74 Å². The maximum atomic E-state index is 12.4. The fraction of sp³-hybridized carbons (Fsp3) is 0.211. The molecule has 9 heteroatoms. The van der Waals surface area contributed by atoms with Crippen LogP contribution in [0, 0.1) is 13.8 Å². The van der Waals surface area contributed by atoms with Gasteiger partial charge in [-0.2, -0.15) is 5.10 Å². The van der Waals surface area contributed by atoms with E-state index in [0.717, 1.165) is 11.4 Å². The first-order valence-electron chi connectivity index (χ1n) is 8.31. The quantitative estimate of drug-likeness (QED) is 0.395. The van der Waals surface area contributed by atoms with E-state index >= 15 is 0 Å². The van der Waals surface area contributed by atoms with Crippen LogP contribution in [0.3, 0.4) is 0 Å². The maximum Gasteiger partial charge on any atom is 0.358 e. The van der Waals surface area contributed by atoms with Crippen molar-refractivity contribution in [1.29, 1.82) is 0 Å². The number of aromatic nitrogens is 3. The van der Waals surface area contributed by atoms with Gasteiger partial charge in [-0.05, 0) is 44.2 Å². The monoisotopic (exact) mass is 439 g/mol. The minimum absolute atomic E-state index is 0.00231. The van der Waals surface area contributed by atoms with Crippen molar-refractivity contribution < 1.29 is 14.3 Å². The number of carbonyl (C=O) groups excluding carboxylic acids is 1. The Kier molecular flexibility index (Phi) is 6.44. The Morgan fingerprint density at radius 1 is 1.04 bits per heavy atom. The lowest BCUT2D eigenvalue weighted by Gasteiger charge is -2.11. The van der Waals surface area contributed by atoms with Gasteiger partial charge >= 0.3 is 5.97 Å². The number of aryl methyl sites for hydroxylation is 2. The zero-order valence-electron chi connectivity index (χ0n) is 15.1. The van der Waals surface area contributed by atoms with Crippen LogP contribution in [0.4, 0.5) is 0 Å². The lowest BCUT2D eigenvalue weighted by atomic mass is 10.3. The summed E-state index contributed by atoms with van der Waals surface area (Å²) in [5, 5.41) is 5.29. The Morgan fingerprint density at radius 2 is 1.75 bits per heavy atom. The minimum atomic E-state index is -0.665. The molecule has 0 saturated carbocycles. The topological polar surface area (TPSA) is 66.2 Å². The molecule has 3 rings (SSSR count).